The fourth-order valence-corrected chi connectivity index (χ4v) is 3.75. The van der Waals surface area contributed by atoms with Gasteiger partial charge < -0.3 is 9.88 Å². The lowest BCUT2D eigenvalue weighted by atomic mass is 9.88. The van der Waals surface area contributed by atoms with Gasteiger partial charge in [-0.05, 0) is 29.7 Å². The molecule has 3 aromatic carbocycles. The zero-order valence-corrected chi connectivity index (χ0v) is 16.4. The molecule has 146 valence electrons. The van der Waals surface area contributed by atoms with E-state index in [1.54, 1.807) is 6.33 Å². The first-order valence-electron chi connectivity index (χ1n) is 10.1. The van der Waals surface area contributed by atoms with Gasteiger partial charge in [-0.1, -0.05) is 72.8 Å². The molecule has 4 nitrogen and oxygen atoms in total. The van der Waals surface area contributed by atoms with Gasteiger partial charge in [-0.15, -0.1) is 0 Å². The Labute approximate surface area is 171 Å². The third-order valence-corrected chi connectivity index (χ3v) is 5.27. The number of para-hydroxylation sites is 2. The number of aryl methyl sites for hydroxylation is 1. The number of aromatic nitrogens is 2. The van der Waals surface area contributed by atoms with Crippen LogP contribution in [0.4, 0.5) is 0 Å². The average Bonchev–Trinajstić information content (AvgIpc) is 3.20. The lowest BCUT2D eigenvalue weighted by molar-refractivity contribution is -0.121. The molecular formula is C25H25N3O. The Morgan fingerprint density at radius 3 is 2.17 bits per heavy atom. The number of rotatable bonds is 8. The van der Waals surface area contributed by atoms with Gasteiger partial charge in [0.25, 0.3) is 0 Å². The molecule has 0 aliphatic rings. The number of hydrogen-bond donors (Lipinski definition) is 1. The maximum absolute atomic E-state index is 12.4. The van der Waals surface area contributed by atoms with Crippen LogP contribution in [-0.4, -0.2) is 22.0 Å². The van der Waals surface area contributed by atoms with Gasteiger partial charge in [0.2, 0.25) is 5.91 Å². The summed E-state index contributed by atoms with van der Waals surface area (Å²) in [6, 6.07) is 29.0. The molecule has 1 amide bonds. The van der Waals surface area contributed by atoms with E-state index in [0.717, 1.165) is 17.5 Å². The van der Waals surface area contributed by atoms with E-state index in [1.165, 1.54) is 11.1 Å². The molecule has 29 heavy (non-hydrogen) atoms. The lowest BCUT2D eigenvalue weighted by Crippen LogP contribution is -2.26. The van der Waals surface area contributed by atoms with Crippen molar-refractivity contribution in [1.29, 1.82) is 0 Å². The predicted octanol–water partition coefficient (Wildman–Crippen LogP) is 4.76. The highest BCUT2D eigenvalue weighted by Gasteiger charge is 2.14. The van der Waals surface area contributed by atoms with Crippen molar-refractivity contribution in [2.24, 2.45) is 0 Å². The Morgan fingerprint density at radius 1 is 0.862 bits per heavy atom. The van der Waals surface area contributed by atoms with E-state index < -0.39 is 0 Å². The topological polar surface area (TPSA) is 46.9 Å². The molecule has 4 heteroatoms. The maximum Gasteiger partial charge on any atom is 0.221 e. The Morgan fingerprint density at radius 2 is 1.48 bits per heavy atom. The van der Waals surface area contributed by atoms with Crippen molar-refractivity contribution in [1.82, 2.24) is 14.9 Å². The number of imidazole rings is 1. The van der Waals surface area contributed by atoms with Crippen molar-refractivity contribution >= 4 is 16.9 Å². The Balaban J connectivity index is 1.33. The minimum atomic E-state index is 0.0719. The number of hydrogen-bond acceptors (Lipinski definition) is 2. The van der Waals surface area contributed by atoms with E-state index >= 15 is 0 Å². The largest absolute Gasteiger partial charge is 0.356 e. The van der Waals surface area contributed by atoms with Crippen molar-refractivity contribution in [2.75, 3.05) is 6.54 Å². The highest BCUT2D eigenvalue weighted by Crippen LogP contribution is 2.27. The van der Waals surface area contributed by atoms with Crippen LogP contribution in [0.3, 0.4) is 0 Å². The standard InChI is InChI=1S/C25H25N3O/c29-25(16-18-28-19-27-23-13-7-8-14-24(23)28)26-17-15-22(20-9-3-1-4-10-20)21-11-5-2-6-12-21/h1-14,19,22H,15-18H2,(H,26,29). The smallest absolute Gasteiger partial charge is 0.221 e. The van der Waals surface area contributed by atoms with Crippen LogP contribution in [0.2, 0.25) is 0 Å². The number of amides is 1. The van der Waals surface area contributed by atoms with Crippen LogP contribution in [0.25, 0.3) is 11.0 Å². The van der Waals surface area contributed by atoms with Crippen molar-refractivity contribution in [3.8, 4) is 0 Å². The summed E-state index contributed by atoms with van der Waals surface area (Å²) >= 11 is 0. The Hall–Kier alpha value is -3.40. The second-order valence-electron chi connectivity index (χ2n) is 7.19. The monoisotopic (exact) mass is 383 g/mol. The summed E-state index contributed by atoms with van der Waals surface area (Å²) in [5.74, 6) is 0.345. The summed E-state index contributed by atoms with van der Waals surface area (Å²) in [6.07, 6.45) is 3.12. The summed E-state index contributed by atoms with van der Waals surface area (Å²) in [5.41, 5.74) is 4.57. The van der Waals surface area contributed by atoms with Crippen LogP contribution < -0.4 is 5.32 Å². The second kappa shape index (κ2) is 9.20. The third-order valence-electron chi connectivity index (χ3n) is 5.27. The van der Waals surface area contributed by atoms with Gasteiger partial charge >= 0.3 is 0 Å². The van der Waals surface area contributed by atoms with Crippen molar-refractivity contribution in [2.45, 2.75) is 25.3 Å². The van der Waals surface area contributed by atoms with E-state index in [2.05, 4.69) is 58.8 Å². The zero-order chi connectivity index (χ0) is 19.9. The number of nitrogens with one attached hydrogen (secondary N) is 1. The van der Waals surface area contributed by atoms with E-state index in [4.69, 9.17) is 0 Å². The number of nitrogens with zero attached hydrogens (tertiary/aromatic N) is 2. The second-order valence-corrected chi connectivity index (χ2v) is 7.19. The van der Waals surface area contributed by atoms with Gasteiger partial charge in [-0.25, -0.2) is 4.98 Å². The quantitative estimate of drug-likeness (QED) is 0.477. The lowest BCUT2D eigenvalue weighted by Gasteiger charge is -2.18. The van der Waals surface area contributed by atoms with Gasteiger partial charge in [0.05, 0.1) is 17.4 Å². The first kappa shape index (κ1) is 18.9. The average molecular weight is 383 g/mol. The molecule has 1 N–H and O–H groups in total. The van der Waals surface area contributed by atoms with E-state index in [1.807, 2.05) is 41.0 Å². The third kappa shape index (κ3) is 4.72. The van der Waals surface area contributed by atoms with E-state index in [-0.39, 0.29) is 11.8 Å². The maximum atomic E-state index is 12.4. The fraction of sp³-hybridized carbons (Fsp3) is 0.200. The number of carbonyl (C=O) groups is 1. The van der Waals surface area contributed by atoms with Crippen molar-refractivity contribution in [3.63, 3.8) is 0 Å². The summed E-state index contributed by atoms with van der Waals surface area (Å²) in [5, 5.41) is 3.09. The molecule has 1 aromatic heterocycles. The molecule has 0 saturated carbocycles. The van der Waals surface area contributed by atoms with Gasteiger partial charge in [0, 0.05) is 25.4 Å². The molecule has 4 rings (SSSR count). The fourth-order valence-electron chi connectivity index (χ4n) is 3.75. The normalized spacial score (nSPS) is 11.1. The molecule has 4 aromatic rings. The van der Waals surface area contributed by atoms with E-state index in [9.17, 15) is 4.79 Å². The summed E-state index contributed by atoms with van der Waals surface area (Å²) < 4.78 is 2.03. The highest BCUT2D eigenvalue weighted by atomic mass is 16.1. The molecule has 0 unspecified atom stereocenters. The first-order valence-corrected chi connectivity index (χ1v) is 10.1. The molecular weight excluding hydrogens is 358 g/mol. The van der Waals surface area contributed by atoms with Crippen molar-refractivity contribution < 1.29 is 4.79 Å². The van der Waals surface area contributed by atoms with Crippen LogP contribution in [0.15, 0.2) is 91.3 Å². The molecule has 0 fully saturated rings. The van der Waals surface area contributed by atoms with Gasteiger partial charge in [0.1, 0.15) is 0 Å². The molecule has 0 radical (unpaired) electrons. The first-order chi connectivity index (χ1) is 14.3. The number of benzene rings is 3. The Kier molecular flexibility index (Phi) is 6.01. The summed E-state index contributed by atoms with van der Waals surface area (Å²) in [6.45, 7) is 1.28. The van der Waals surface area contributed by atoms with Crippen LogP contribution in [0, 0.1) is 0 Å². The van der Waals surface area contributed by atoms with Gasteiger partial charge in [-0.3, -0.25) is 4.79 Å². The summed E-state index contributed by atoms with van der Waals surface area (Å²) in [7, 11) is 0. The molecule has 0 saturated heterocycles. The Bertz CT molecular complexity index is 1020. The minimum Gasteiger partial charge on any atom is -0.356 e. The van der Waals surface area contributed by atoms with E-state index in [0.29, 0.717) is 19.5 Å². The molecule has 0 aliphatic carbocycles. The molecule has 0 spiro atoms. The number of carbonyl (C=O) groups excluding carboxylic acids is 1. The van der Waals surface area contributed by atoms with Gasteiger partial charge in [-0.2, -0.15) is 0 Å². The van der Waals surface area contributed by atoms with Crippen LogP contribution >= 0.6 is 0 Å². The van der Waals surface area contributed by atoms with Gasteiger partial charge in [0.15, 0.2) is 0 Å². The van der Waals surface area contributed by atoms with Crippen LogP contribution in [-0.2, 0) is 11.3 Å². The van der Waals surface area contributed by atoms with Crippen LogP contribution in [0.1, 0.15) is 29.9 Å². The zero-order valence-electron chi connectivity index (χ0n) is 16.4. The SMILES string of the molecule is O=C(CCn1cnc2ccccc21)NCCC(c1ccccc1)c1ccccc1. The van der Waals surface area contributed by atoms with Crippen LogP contribution in [0.5, 0.6) is 0 Å². The molecule has 0 aliphatic heterocycles. The minimum absolute atomic E-state index is 0.0719. The van der Waals surface area contributed by atoms with Crippen molar-refractivity contribution in [3.05, 3.63) is 102 Å². The predicted molar refractivity (Wildman–Crippen MR) is 117 cm³/mol. The number of fused-ring (bicyclic) bond motifs is 1. The molecule has 0 bridgehead atoms. The molecule has 0 atom stereocenters. The highest BCUT2D eigenvalue weighted by molar-refractivity contribution is 5.77. The summed E-state index contributed by atoms with van der Waals surface area (Å²) in [4.78, 5) is 16.8. The molecule has 1 heterocycles.